The van der Waals surface area contributed by atoms with E-state index in [2.05, 4.69) is 4.74 Å². The van der Waals surface area contributed by atoms with Crippen molar-refractivity contribution in [2.24, 2.45) is 0 Å². The minimum atomic E-state index is -3.20. The van der Waals surface area contributed by atoms with Crippen molar-refractivity contribution in [1.29, 1.82) is 5.26 Å². The Morgan fingerprint density at radius 1 is 1.00 bits per heavy atom. The van der Waals surface area contributed by atoms with Crippen LogP contribution in [0.5, 0.6) is 0 Å². The SMILES string of the molecule is CC(=O)O[C@@](C(C)=O)(C(=O)C(C)=O)[C@@H](O)[C@H](O)[C@H](O)C(=O)OC(C#N)c1ccccc1. The van der Waals surface area contributed by atoms with Crippen LogP contribution in [0.25, 0.3) is 0 Å². The van der Waals surface area contributed by atoms with E-state index in [1.165, 1.54) is 12.1 Å². The number of esters is 2. The van der Waals surface area contributed by atoms with Crippen molar-refractivity contribution in [3.05, 3.63) is 35.9 Å². The molecule has 1 rings (SSSR count). The number of aliphatic hydroxyl groups is 3. The summed E-state index contributed by atoms with van der Waals surface area (Å²) >= 11 is 0. The number of nitriles is 1. The maximum absolute atomic E-state index is 12.3. The quantitative estimate of drug-likeness (QED) is 0.230. The number of ether oxygens (including phenoxy) is 2. The third-order valence-corrected chi connectivity index (χ3v) is 4.24. The van der Waals surface area contributed by atoms with Crippen LogP contribution in [0.15, 0.2) is 30.3 Å². The molecular formula is C20H21NO10. The summed E-state index contributed by atoms with van der Waals surface area (Å²) in [4.78, 5) is 59.7. The van der Waals surface area contributed by atoms with Gasteiger partial charge in [-0.15, -0.1) is 0 Å². The van der Waals surface area contributed by atoms with Crippen LogP contribution >= 0.6 is 0 Å². The van der Waals surface area contributed by atoms with E-state index in [0.717, 1.165) is 13.8 Å². The van der Waals surface area contributed by atoms with Crippen molar-refractivity contribution in [3.63, 3.8) is 0 Å². The van der Waals surface area contributed by atoms with Crippen LogP contribution in [0.2, 0.25) is 0 Å². The topological polar surface area (TPSA) is 188 Å². The molecule has 0 aliphatic heterocycles. The Bertz CT molecular complexity index is 906. The van der Waals surface area contributed by atoms with Crippen LogP contribution < -0.4 is 0 Å². The molecule has 166 valence electrons. The monoisotopic (exact) mass is 435 g/mol. The first-order valence-electron chi connectivity index (χ1n) is 8.85. The predicted octanol–water partition coefficient (Wildman–Crippen LogP) is -1.07. The van der Waals surface area contributed by atoms with Crippen LogP contribution in [0.1, 0.15) is 32.4 Å². The number of Topliss-reactive ketones (excluding diaryl/α,β-unsaturated/α-hetero) is 3. The second-order valence-electron chi connectivity index (χ2n) is 6.51. The Balaban J connectivity index is 3.22. The summed E-state index contributed by atoms with van der Waals surface area (Å²) in [7, 11) is 0. The van der Waals surface area contributed by atoms with Crippen molar-refractivity contribution in [2.45, 2.75) is 50.8 Å². The van der Waals surface area contributed by atoms with Gasteiger partial charge >= 0.3 is 11.9 Å². The molecule has 1 aromatic carbocycles. The number of nitrogens with zero attached hydrogens (tertiary/aromatic N) is 1. The van der Waals surface area contributed by atoms with Crippen LogP contribution in [0.4, 0.5) is 0 Å². The summed E-state index contributed by atoms with van der Waals surface area (Å²) in [5.41, 5.74) is -2.96. The van der Waals surface area contributed by atoms with Gasteiger partial charge in [0.2, 0.25) is 6.10 Å². The Hall–Kier alpha value is -3.46. The molecule has 1 aromatic rings. The zero-order valence-electron chi connectivity index (χ0n) is 16.8. The molecule has 0 heterocycles. The van der Waals surface area contributed by atoms with Gasteiger partial charge in [-0.2, -0.15) is 5.26 Å². The summed E-state index contributed by atoms with van der Waals surface area (Å²) < 4.78 is 9.44. The van der Waals surface area contributed by atoms with Crippen LogP contribution in [0.3, 0.4) is 0 Å². The van der Waals surface area contributed by atoms with Crippen molar-refractivity contribution in [3.8, 4) is 6.07 Å². The van der Waals surface area contributed by atoms with Gasteiger partial charge in [0.15, 0.2) is 17.7 Å². The van der Waals surface area contributed by atoms with Gasteiger partial charge in [0, 0.05) is 19.4 Å². The van der Waals surface area contributed by atoms with E-state index >= 15 is 0 Å². The molecule has 0 spiro atoms. The molecule has 0 radical (unpaired) electrons. The number of benzene rings is 1. The zero-order valence-corrected chi connectivity index (χ0v) is 16.8. The Morgan fingerprint density at radius 3 is 1.97 bits per heavy atom. The van der Waals surface area contributed by atoms with Gasteiger partial charge in [-0.05, 0) is 6.92 Å². The lowest BCUT2D eigenvalue weighted by Crippen LogP contribution is -2.65. The van der Waals surface area contributed by atoms with E-state index < -0.39 is 59.3 Å². The normalized spacial score (nSPS) is 16.4. The molecule has 0 saturated carbocycles. The first-order chi connectivity index (χ1) is 14.4. The second-order valence-corrected chi connectivity index (χ2v) is 6.51. The minimum Gasteiger partial charge on any atom is -0.440 e. The van der Waals surface area contributed by atoms with E-state index in [1.54, 1.807) is 24.3 Å². The lowest BCUT2D eigenvalue weighted by atomic mass is 9.81. The summed E-state index contributed by atoms with van der Waals surface area (Å²) in [5, 5.41) is 40.0. The third kappa shape index (κ3) is 5.58. The Kier molecular flexibility index (Phi) is 8.69. The number of aliphatic hydroxyl groups excluding tert-OH is 3. The molecular weight excluding hydrogens is 414 g/mol. The summed E-state index contributed by atoms with van der Waals surface area (Å²) in [5.74, 6) is -7.16. The Morgan fingerprint density at radius 2 is 1.55 bits per heavy atom. The van der Waals surface area contributed by atoms with Crippen molar-refractivity contribution in [1.82, 2.24) is 0 Å². The average Bonchev–Trinajstić information content (AvgIpc) is 2.73. The fourth-order valence-electron chi connectivity index (χ4n) is 2.70. The molecule has 0 fully saturated rings. The van der Waals surface area contributed by atoms with Crippen LogP contribution in [-0.2, 0) is 33.4 Å². The fraction of sp³-hybridized carbons (Fsp3) is 0.400. The third-order valence-electron chi connectivity index (χ3n) is 4.24. The number of ketones is 3. The average molecular weight is 435 g/mol. The molecule has 11 heteroatoms. The first-order valence-corrected chi connectivity index (χ1v) is 8.85. The standard InChI is InChI=1S/C20H21NO10/c1-10(22)17(27)20(11(2)23,31-12(3)24)18(28)15(25)16(26)19(29)30-14(9-21)13-7-5-4-6-8-13/h4-8,14-16,18,25-26,28H,1-3H3/t14?,15-,16+,18+,20+/m1/s1. The molecule has 0 amide bonds. The number of rotatable bonds is 10. The highest BCUT2D eigenvalue weighted by Gasteiger charge is 2.58. The lowest BCUT2D eigenvalue weighted by Gasteiger charge is -2.35. The molecule has 5 atom stereocenters. The highest BCUT2D eigenvalue weighted by molar-refractivity contribution is 6.44. The van der Waals surface area contributed by atoms with Crippen molar-refractivity contribution in [2.75, 3.05) is 0 Å². The fourth-order valence-corrected chi connectivity index (χ4v) is 2.70. The molecule has 0 saturated heterocycles. The number of hydrogen-bond acceptors (Lipinski definition) is 11. The predicted molar refractivity (Wildman–Crippen MR) is 99.8 cm³/mol. The number of hydrogen-bond donors (Lipinski definition) is 3. The highest BCUT2D eigenvalue weighted by atomic mass is 16.6. The molecule has 1 unspecified atom stereocenters. The molecule has 0 bridgehead atoms. The lowest BCUT2D eigenvalue weighted by molar-refractivity contribution is -0.200. The van der Waals surface area contributed by atoms with E-state index in [9.17, 15) is 44.6 Å². The first kappa shape index (κ1) is 25.6. The smallest absolute Gasteiger partial charge is 0.339 e. The Labute approximate surface area is 176 Å². The largest absolute Gasteiger partial charge is 0.440 e. The van der Waals surface area contributed by atoms with Crippen molar-refractivity contribution >= 4 is 29.3 Å². The highest BCUT2D eigenvalue weighted by Crippen LogP contribution is 2.26. The molecule has 11 nitrogen and oxygen atoms in total. The molecule has 31 heavy (non-hydrogen) atoms. The molecule has 3 N–H and O–H groups in total. The molecule has 0 aromatic heterocycles. The van der Waals surface area contributed by atoms with E-state index in [-0.39, 0.29) is 5.56 Å². The minimum absolute atomic E-state index is 0.241. The number of carbonyl (C=O) groups is 5. The molecule has 0 aliphatic carbocycles. The summed E-state index contributed by atoms with van der Waals surface area (Å²) in [6, 6.07) is 9.30. The van der Waals surface area contributed by atoms with Crippen LogP contribution in [0, 0.1) is 11.3 Å². The van der Waals surface area contributed by atoms with Gasteiger partial charge in [0.25, 0.3) is 11.4 Å². The van der Waals surface area contributed by atoms with Gasteiger partial charge in [-0.1, -0.05) is 30.3 Å². The molecule has 0 aliphatic rings. The summed E-state index contributed by atoms with van der Waals surface area (Å²) in [6.45, 7) is 2.20. The van der Waals surface area contributed by atoms with Crippen LogP contribution in [-0.4, -0.2) is 68.5 Å². The zero-order chi connectivity index (χ0) is 23.9. The van der Waals surface area contributed by atoms with Gasteiger partial charge < -0.3 is 24.8 Å². The maximum Gasteiger partial charge on any atom is 0.339 e. The van der Waals surface area contributed by atoms with E-state index in [0.29, 0.717) is 6.92 Å². The van der Waals surface area contributed by atoms with Gasteiger partial charge in [0.1, 0.15) is 18.3 Å². The second kappa shape index (κ2) is 10.5. The number of carbonyl (C=O) groups excluding carboxylic acids is 5. The van der Waals surface area contributed by atoms with Gasteiger partial charge in [0.05, 0.1) is 0 Å². The van der Waals surface area contributed by atoms with Crippen molar-refractivity contribution < 1.29 is 48.8 Å². The maximum atomic E-state index is 12.3. The van der Waals surface area contributed by atoms with E-state index in [4.69, 9.17) is 4.74 Å². The van der Waals surface area contributed by atoms with Gasteiger partial charge in [-0.3, -0.25) is 19.2 Å². The van der Waals surface area contributed by atoms with E-state index in [1.807, 2.05) is 0 Å². The van der Waals surface area contributed by atoms with Gasteiger partial charge in [-0.25, -0.2) is 4.79 Å². The summed E-state index contributed by atoms with van der Waals surface area (Å²) in [6.07, 6.45) is -9.40.